The fourth-order valence-corrected chi connectivity index (χ4v) is 2.98. The summed E-state index contributed by atoms with van der Waals surface area (Å²) in [6.07, 6.45) is -0.771. The zero-order valence-corrected chi connectivity index (χ0v) is 12.3. The molecule has 1 saturated carbocycles. The van der Waals surface area contributed by atoms with Crippen LogP contribution in [0.2, 0.25) is 0 Å². The third kappa shape index (κ3) is 3.45. The summed E-state index contributed by atoms with van der Waals surface area (Å²) in [6, 6.07) is 6.24. The maximum atomic E-state index is 12.8. The highest BCUT2D eigenvalue weighted by molar-refractivity contribution is 9.10. The Morgan fingerprint density at radius 1 is 1.25 bits per heavy atom. The van der Waals surface area contributed by atoms with E-state index in [1.807, 2.05) is 0 Å². The summed E-state index contributed by atoms with van der Waals surface area (Å²) in [4.78, 5) is 0. The third-order valence-electron chi connectivity index (χ3n) is 3.56. The summed E-state index contributed by atoms with van der Waals surface area (Å²) >= 11 is 2.92. The predicted molar refractivity (Wildman–Crippen MR) is 74.1 cm³/mol. The second-order valence-electron chi connectivity index (χ2n) is 4.96. The van der Waals surface area contributed by atoms with E-state index >= 15 is 0 Å². The van der Waals surface area contributed by atoms with E-state index in [9.17, 15) is 13.2 Å². The molecule has 1 aromatic carbocycles. The lowest BCUT2D eigenvalue weighted by Gasteiger charge is -2.28. The van der Waals surface area contributed by atoms with Gasteiger partial charge in [-0.15, -0.1) is 0 Å². The second kappa shape index (κ2) is 6.04. The van der Waals surface area contributed by atoms with Gasteiger partial charge in [-0.3, -0.25) is 0 Å². The first-order valence-corrected chi connectivity index (χ1v) is 7.24. The fraction of sp³-hybridized carbons (Fsp3) is 0.500. The number of nitrogens with one attached hydrogen (secondary N) is 1. The van der Waals surface area contributed by atoms with Crippen LogP contribution in [0.15, 0.2) is 22.7 Å². The molecule has 0 aliphatic heterocycles. The van der Waals surface area contributed by atoms with Gasteiger partial charge in [0.05, 0.1) is 17.6 Å². The Kier molecular flexibility index (Phi) is 4.59. The van der Waals surface area contributed by atoms with Crippen molar-refractivity contribution >= 4 is 21.6 Å². The van der Waals surface area contributed by atoms with Gasteiger partial charge in [-0.1, -0.05) is 28.8 Å². The van der Waals surface area contributed by atoms with Gasteiger partial charge < -0.3 is 5.32 Å². The SMILES string of the molecule is N#CC1CCCCC1Nc1ccc(Br)c(C(F)(F)F)c1. The largest absolute Gasteiger partial charge is 0.417 e. The van der Waals surface area contributed by atoms with Crippen molar-refractivity contribution in [1.82, 2.24) is 0 Å². The first-order valence-electron chi connectivity index (χ1n) is 6.44. The molecule has 0 bridgehead atoms. The number of rotatable bonds is 2. The highest BCUT2D eigenvalue weighted by Gasteiger charge is 2.33. The summed E-state index contributed by atoms with van der Waals surface area (Å²) in [5.41, 5.74) is -0.292. The molecule has 2 nitrogen and oxygen atoms in total. The van der Waals surface area contributed by atoms with Crippen LogP contribution >= 0.6 is 15.9 Å². The zero-order chi connectivity index (χ0) is 14.8. The van der Waals surface area contributed by atoms with Crippen molar-refractivity contribution in [3.05, 3.63) is 28.2 Å². The van der Waals surface area contributed by atoms with Crippen molar-refractivity contribution in [1.29, 1.82) is 5.26 Å². The average Bonchev–Trinajstić information content (AvgIpc) is 2.40. The van der Waals surface area contributed by atoms with Gasteiger partial charge in [0.2, 0.25) is 0 Å². The number of alkyl halides is 3. The van der Waals surface area contributed by atoms with Crippen molar-refractivity contribution in [2.24, 2.45) is 5.92 Å². The van der Waals surface area contributed by atoms with Crippen LogP contribution in [0.5, 0.6) is 0 Å². The number of nitriles is 1. The topological polar surface area (TPSA) is 35.8 Å². The summed E-state index contributed by atoms with van der Waals surface area (Å²) in [5, 5.41) is 12.2. The molecule has 6 heteroatoms. The van der Waals surface area contributed by atoms with Crippen LogP contribution in [0.1, 0.15) is 31.2 Å². The van der Waals surface area contributed by atoms with E-state index in [0.29, 0.717) is 5.69 Å². The van der Waals surface area contributed by atoms with Crippen molar-refractivity contribution in [3.63, 3.8) is 0 Å². The van der Waals surface area contributed by atoms with Gasteiger partial charge in [-0.2, -0.15) is 18.4 Å². The Morgan fingerprint density at radius 2 is 1.95 bits per heavy atom. The smallest absolute Gasteiger partial charge is 0.381 e. The van der Waals surface area contributed by atoms with E-state index < -0.39 is 11.7 Å². The van der Waals surface area contributed by atoms with Gasteiger partial charge in [0.15, 0.2) is 0 Å². The number of nitrogens with zero attached hydrogens (tertiary/aromatic N) is 1. The molecule has 1 N–H and O–H groups in total. The molecule has 0 amide bonds. The molecule has 2 rings (SSSR count). The molecule has 20 heavy (non-hydrogen) atoms. The quantitative estimate of drug-likeness (QED) is 0.821. The predicted octanol–water partition coefficient (Wildman–Crippen LogP) is 4.96. The van der Waals surface area contributed by atoms with Gasteiger partial charge in [0.1, 0.15) is 0 Å². The summed E-state index contributed by atoms with van der Waals surface area (Å²) in [7, 11) is 0. The zero-order valence-electron chi connectivity index (χ0n) is 10.7. The van der Waals surface area contributed by atoms with Crippen molar-refractivity contribution in [2.45, 2.75) is 37.9 Å². The number of hydrogen-bond donors (Lipinski definition) is 1. The molecule has 1 aliphatic rings. The lowest BCUT2D eigenvalue weighted by atomic mass is 9.85. The first-order chi connectivity index (χ1) is 9.41. The van der Waals surface area contributed by atoms with E-state index in [0.717, 1.165) is 31.7 Å². The Labute approximate surface area is 124 Å². The Bertz CT molecular complexity index is 522. The van der Waals surface area contributed by atoms with Crippen molar-refractivity contribution < 1.29 is 13.2 Å². The molecule has 1 aromatic rings. The molecule has 0 saturated heterocycles. The summed E-state index contributed by atoms with van der Waals surface area (Å²) in [6.45, 7) is 0. The first kappa shape index (κ1) is 15.2. The number of anilines is 1. The maximum Gasteiger partial charge on any atom is 0.417 e. The number of halogens is 4. The lowest BCUT2D eigenvalue weighted by Crippen LogP contribution is -2.31. The van der Waals surface area contributed by atoms with Crippen LogP contribution in [-0.4, -0.2) is 6.04 Å². The molecule has 2 atom stereocenters. The van der Waals surface area contributed by atoms with Crippen LogP contribution in [-0.2, 0) is 6.18 Å². The van der Waals surface area contributed by atoms with Crippen LogP contribution in [0, 0.1) is 17.2 Å². The monoisotopic (exact) mass is 346 g/mol. The molecule has 2 unspecified atom stereocenters. The standard InChI is InChI=1S/C14H14BrF3N2/c15-12-6-5-10(7-11(12)14(16,17)18)20-13-4-2-1-3-9(13)8-19/h5-7,9,13,20H,1-4H2. The fourth-order valence-electron chi connectivity index (χ4n) is 2.50. The Balaban J connectivity index is 2.20. The van der Waals surface area contributed by atoms with Crippen LogP contribution in [0.3, 0.4) is 0 Å². The minimum absolute atomic E-state index is 0.0241. The van der Waals surface area contributed by atoms with Gasteiger partial charge in [0, 0.05) is 16.2 Å². The molecule has 0 spiro atoms. The number of hydrogen-bond acceptors (Lipinski definition) is 2. The van der Waals surface area contributed by atoms with E-state index in [2.05, 4.69) is 27.3 Å². The highest BCUT2D eigenvalue weighted by Crippen LogP contribution is 2.37. The van der Waals surface area contributed by atoms with Crippen molar-refractivity contribution in [2.75, 3.05) is 5.32 Å². The minimum atomic E-state index is -4.39. The van der Waals surface area contributed by atoms with Gasteiger partial charge in [-0.25, -0.2) is 0 Å². The van der Waals surface area contributed by atoms with E-state index in [4.69, 9.17) is 5.26 Å². The van der Waals surface area contributed by atoms with E-state index in [1.165, 1.54) is 6.07 Å². The molecule has 0 radical (unpaired) electrons. The van der Waals surface area contributed by atoms with E-state index in [1.54, 1.807) is 6.07 Å². The van der Waals surface area contributed by atoms with Gasteiger partial charge in [0.25, 0.3) is 0 Å². The molecule has 108 valence electrons. The van der Waals surface area contributed by atoms with Crippen LogP contribution in [0.25, 0.3) is 0 Å². The third-order valence-corrected chi connectivity index (χ3v) is 4.25. The second-order valence-corrected chi connectivity index (χ2v) is 5.82. The maximum absolute atomic E-state index is 12.8. The van der Waals surface area contributed by atoms with Gasteiger partial charge in [-0.05, 0) is 31.0 Å². The molecule has 1 aliphatic carbocycles. The summed E-state index contributed by atoms with van der Waals surface area (Å²) < 4.78 is 38.5. The Morgan fingerprint density at radius 3 is 2.60 bits per heavy atom. The molecule has 0 heterocycles. The summed E-state index contributed by atoms with van der Waals surface area (Å²) in [5.74, 6) is -0.137. The molecule has 0 aromatic heterocycles. The van der Waals surface area contributed by atoms with Gasteiger partial charge >= 0.3 is 6.18 Å². The average molecular weight is 347 g/mol. The lowest BCUT2D eigenvalue weighted by molar-refractivity contribution is -0.138. The Hall–Kier alpha value is -1.22. The molecular weight excluding hydrogens is 333 g/mol. The molecular formula is C14H14BrF3N2. The van der Waals surface area contributed by atoms with Crippen molar-refractivity contribution in [3.8, 4) is 6.07 Å². The normalized spacial score (nSPS) is 23.1. The number of benzene rings is 1. The van der Waals surface area contributed by atoms with E-state index in [-0.39, 0.29) is 16.4 Å². The minimum Gasteiger partial charge on any atom is -0.381 e. The molecule has 1 fully saturated rings. The highest BCUT2D eigenvalue weighted by atomic mass is 79.9. The van der Waals surface area contributed by atoms with Crippen LogP contribution in [0.4, 0.5) is 18.9 Å². The van der Waals surface area contributed by atoms with Crippen LogP contribution < -0.4 is 5.32 Å².